The summed E-state index contributed by atoms with van der Waals surface area (Å²) in [5.74, 6) is 1.47. The van der Waals surface area contributed by atoms with Crippen LogP contribution in [0, 0.1) is 5.92 Å². The summed E-state index contributed by atoms with van der Waals surface area (Å²) in [6, 6.07) is 0. The highest BCUT2D eigenvalue weighted by atomic mass is 16.5. The molecule has 6 nitrogen and oxygen atoms in total. The molecule has 0 radical (unpaired) electrons. The van der Waals surface area contributed by atoms with Crippen molar-refractivity contribution in [3.8, 4) is 0 Å². The fraction of sp³-hybridized carbons (Fsp3) is 0.938. The van der Waals surface area contributed by atoms with Crippen LogP contribution in [0.1, 0.15) is 33.1 Å². The average Bonchev–Trinajstić information content (AvgIpc) is 2.54. The Hall–Kier alpha value is -0.850. The molecule has 22 heavy (non-hydrogen) atoms. The smallest absolute Gasteiger partial charge is 0.191 e. The number of hydrogen-bond acceptors (Lipinski definition) is 4. The molecule has 0 aromatic carbocycles. The lowest BCUT2D eigenvalue weighted by Crippen LogP contribution is -2.45. The molecule has 6 heteroatoms. The van der Waals surface area contributed by atoms with Gasteiger partial charge in [-0.05, 0) is 39.0 Å². The van der Waals surface area contributed by atoms with Crippen molar-refractivity contribution in [2.24, 2.45) is 10.9 Å². The summed E-state index contributed by atoms with van der Waals surface area (Å²) in [5.41, 5.74) is -0.204. The topological polar surface area (TPSA) is 64.1 Å². The summed E-state index contributed by atoms with van der Waals surface area (Å²) in [6.07, 6.45) is 3.23. The second-order valence-corrected chi connectivity index (χ2v) is 6.30. The highest BCUT2D eigenvalue weighted by Crippen LogP contribution is 2.14. The van der Waals surface area contributed by atoms with Crippen molar-refractivity contribution >= 4 is 5.96 Å². The van der Waals surface area contributed by atoms with Gasteiger partial charge in [0.1, 0.15) is 0 Å². The number of ether oxygens (including phenoxy) is 3. The van der Waals surface area contributed by atoms with Crippen LogP contribution < -0.4 is 10.6 Å². The van der Waals surface area contributed by atoms with Crippen LogP contribution in [-0.2, 0) is 14.2 Å². The number of hydrogen-bond donors (Lipinski definition) is 2. The number of methoxy groups -OCH3 is 1. The van der Waals surface area contributed by atoms with Gasteiger partial charge in [-0.1, -0.05) is 0 Å². The van der Waals surface area contributed by atoms with E-state index >= 15 is 0 Å². The molecule has 0 saturated carbocycles. The van der Waals surface area contributed by atoms with Gasteiger partial charge < -0.3 is 24.8 Å². The van der Waals surface area contributed by atoms with E-state index < -0.39 is 0 Å². The highest BCUT2D eigenvalue weighted by Gasteiger charge is 2.16. The fourth-order valence-corrected chi connectivity index (χ4v) is 2.13. The first-order valence-corrected chi connectivity index (χ1v) is 8.22. The average molecular weight is 315 g/mol. The van der Waals surface area contributed by atoms with Crippen LogP contribution in [0.4, 0.5) is 0 Å². The van der Waals surface area contributed by atoms with Gasteiger partial charge >= 0.3 is 0 Å². The zero-order valence-electron chi connectivity index (χ0n) is 14.6. The molecule has 0 atom stereocenters. The monoisotopic (exact) mass is 315 g/mol. The molecular weight excluding hydrogens is 282 g/mol. The van der Waals surface area contributed by atoms with Crippen LogP contribution in [0.3, 0.4) is 0 Å². The van der Waals surface area contributed by atoms with Crippen molar-refractivity contribution in [1.29, 1.82) is 0 Å². The number of nitrogens with zero attached hydrogens (tertiary/aromatic N) is 1. The van der Waals surface area contributed by atoms with Crippen LogP contribution in [-0.4, -0.2) is 65.2 Å². The largest absolute Gasteiger partial charge is 0.381 e. The third-order valence-electron chi connectivity index (χ3n) is 3.91. The quantitative estimate of drug-likeness (QED) is 0.383. The van der Waals surface area contributed by atoms with Crippen LogP contribution in [0.2, 0.25) is 0 Å². The molecule has 1 aliphatic rings. The lowest BCUT2D eigenvalue weighted by atomic mass is 10.0. The molecule has 0 aromatic heterocycles. The van der Waals surface area contributed by atoms with E-state index in [1.807, 2.05) is 13.8 Å². The van der Waals surface area contributed by atoms with Gasteiger partial charge in [0.15, 0.2) is 5.96 Å². The molecule has 1 rings (SSSR count). The Morgan fingerprint density at radius 1 is 1.27 bits per heavy atom. The van der Waals surface area contributed by atoms with Crippen molar-refractivity contribution in [2.45, 2.75) is 38.7 Å². The predicted molar refractivity (Wildman–Crippen MR) is 89.4 cm³/mol. The molecule has 0 unspecified atom stereocenters. The lowest BCUT2D eigenvalue weighted by Gasteiger charge is -2.24. The summed E-state index contributed by atoms with van der Waals surface area (Å²) in [5, 5.41) is 6.55. The van der Waals surface area contributed by atoms with E-state index in [2.05, 4.69) is 15.6 Å². The van der Waals surface area contributed by atoms with Crippen molar-refractivity contribution in [3.05, 3.63) is 0 Å². The third kappa shape index (κ3) is 8.56. The molecular formula is C16H33N3O3. The second kappa shape index (κ2) is 10.8. The van der Waals surface area contributed by atoms with Gasteiger partial charge in [0, 0.05) is 53.7 Å². The molecule has 0 aliphatic carbocycles. The summed E-state index contributed by atoms with van der Waals surface area (Å²) in [7, 11) is 3.49. The Morgan fingerprint density at radius 3 is 2.64 bits per heavy atom. The fourth-order valence-electron chi connectivity index (χ4n) is 2.13. The number of rotatable bonds is 9. The maximum absolute atomic E-state index is 5.74. The van der Waals surface area contributed by atoms with E-state index in [0.717, 1.165) is 58.2 Å². The first-order valence-electron chi connectivity index (χ1n) is 8.22. The van der Waals surface area contributed by atoms with Crippen molar-refractivity contribution in [1.82, 2.24) is 10.6 Å². The molecule has 0 bridgehead atoms. The molecule has 1 heterocycles. The molecule has 130 valence electrons. The molecule has 1 aliphatic heterocycles. The van der Waals surface area contributed by atoms with E-state index in [4.69, 9.17) is 14.2 Å². The van der Waals surface area contributed by atoms with Crippen LogP contribution in [0.15, 0.2) is 4.99 Å². The minimum Gasteiger partial charge on any atom is -0.381 e. The summed E-state index contributed by atoms with van der Waals surface area (Å²) < 4.78 is 16.5. The maximum Gasteiger partial charge on any atom is 0.191 e. The molecule has 0 amide bonds. The SMILES string of the molecule is CN=C(NCCCOCC1CCOCC1)NCC(C)(C)OC. The van der Waals surface area contributed by atoms with Gasteiger partial charge in [0.25, 0.3) is 0 Å². The standard InChI is InChI=1S/C16H33N3O3/c1-16(2,20-4)13-19-15(17-3)18-8-5-9-22-12-14-6-10-21-11-7-14/h14H,5-13H2,1-4H3,(H2,17,18,19). The Balaban J connectivity index is 2.02. The van der Waals surface area contributed by atoms with E-state index in [0.29, 0.717) is 12.5 Å². The lowest BCUT2D eigenvalue weighted by molar-refractivity contribution is 0.0203. The molecule has 2 N–H and O–H groups in total. The third-order valence-corrected chi connectivity index (χ3v) is 3.91. The van der Waals surface area contributed by atoms with Gasteiger partial charge in [-0.3, -0.25) is 4.99 Å². The van der Waals surface area contributed by atoms with Crippen molar-refractivity contribution in [3.63, 3.8) is 0 Å². The van der Waals surface area contributed by atoms with E-state index in [1.54, 1.807) is 14.2 Å². The molecule has 0 aromatic rings. The number of nitrogens with one attached hydrogen (secondary N) is 2. The van der Waals surface area contributed by atoms with Crippen LogP contribution in [0.25, 0.3) is 0 Å². The van der Waals surface area contributed by atoms with Gasteiger partial charge in [-0.25, -0.2) is 0 Å². The summed E-state index contributed by atoms with van der Waals surface area (Å²) in [6.45, 7) is 9.05. The Kier molecular flexibility index (Phi) is 9.43. The van der Waals surface area contributed by atoms with Crippen molar-refractivity contribution < 1.29 is 14.2 Å². The minimum absolute atomic E-state index is 0.204. The molecule has 1 fully saturated rings. The van der Waals surface area contributed by atoms with Gasteiger partial charge in [-0.2, -0.15) is 0 Å². The van der Waals surface area contributed by atoms with Gasteiger partial charge in [0.2, 0.25) is 0 Å². The first kappa shape index (κ1) is 19.2. The summed E-state index contributed by atoms with van der Waals surface area (Å²) >= 11 is 0. The minimum atomic E-state index is -0.204. The first-order chi connectivity index (χ1) is 10.6. The van der Waals surface area contributed by atoms with E-state index in [1.165, 1.54) is 0 Å². The Bertz CT molecular complexity index is 316. The molecule has 0 spiro atoms. The van der Waals surface area contributed by atoms with Crippen LogP contribution in [0.5, 0.6) is 0 Å². The maximum atomic E-state index is 5.74. The Morgan fingerprint density at radius 2 is 2.00 bits per heavy atom. The zero-order chi connectivity index (χ0) is 16.3. The molecule has 1 saturated heterocycles. The zero-order valence-corrected chi connectivity index (χ0v) is 14.6. The van der Waals surface area contributed by atoms with Gasteiger partial charge in [-0.15, -0.1) is 0 Å². The van der Waals surface area contributed by atoms with Gasteiger partial charge in [0.05, 0.1) is 5.60 Å². The Labute approximate surface area is 135 Å². The highest BCUT2D eigenvalue weighted by molar-refractivity contribution is 5.79. The van der Waals surface area contributed by atoms with Crippen LogP contribution >= 0.6 is 0 Å². The number of guanidine groups is 1. The van der Waals surface area contributed by atoms with E-state index in [9.17, 15) is 0 Å². The van der Waals surface area contributed by atoms with E-state index in [-0.39, 0.29) is 5.60 Å². The normalized spacial score (nSPS) is 17.5. The predicted octanol–water partition coefficient (Wildman–Crippen LogP) is 1.41. The summed E-state index contributed by atoms with van der Waals surface area (Å²) in [4.78, 5) is 4.20. The second-order valence-electron chi connectivity index (χ2n) is 6.30. The van der Waals surface area contributed by atoms with Crippen molar-refractivity contribution in [2.75, 3.05) is 53.7 Å². The number of aliphatic imine (C=N–C) groups is 1.